The maximum atomic E-state index is 12.3. The van der Waals surface area contributed by atoms with E-state index in [0.717, 1.165) is 0 Å². The molecule has 0 unspecified atom stereocenters. The van der Waals surface area contributed by atoms with Gasteiger partial charge in [-0.3, -0.25) is 9.97 Å². The molecule has 2 aromatic heterocycles. The molecule has 0 aliphatic heterocycles. The van der Waals surface area contributed by atoms with Crippen LogP contribution in [0.1, 0.15) is 34.6 Å². The molecule has 0 saturated heterocycles. The Morgan fingerprint density at radius 3 is 2.26 bits per heavy atom. The van der Waals surface area contributed by atoms with Gasteiger partial charge in [-0.25, -0.2) is 9.59 Å². The molecule has 0 aromatic carbocycles. The minimum absolute atomic E-state index is 0. The third-order valence-electron chi connectivity index (χ3n) is 2.83. The molecule has 0 bridgehead atoms. The van der Waals surface area contributed by atoms with Crippen molar-refractivity contribution in [3.8, 4) is 11.4 Å². The van der Waals surface area contributed by atoms with Gasteiger partial charge in [0.2, 0.25) is 0 Å². The van der Waals surface area contributed by atoms with Gasteiger partial charge in [-0.15, -0.1) is 0 Å². The van der Waals surface area contributed by atoms with E-state index in [1.54, 1.807) is 38.2 Å². The normalized spacial score (nSPS) is 9.65. The molecule has 2 heterocycles. The van der Waals surface area contributed by atoms with E-state index in [1.165, 1.54) is 12.3 Å². The van der Waals surface area contributed by atoms with Crippen LogP contribution in [0.15, 0.2) is 36.7 Å². The summed E-state index contributed by atoms with van der Waals surface area (Å²) >= 11 is 0. The maximum Gasteiger partial charge on any atom is 0.341 e. The fourth-order valence-electron chi connectivity index (χ4n) is 1.95. The maximum absolute atomic E-state index is 12.3. The van der Waals surface area contributed by atoms with Crippen molar-refractivity contribution in [2.45, 2.75) is 13.8 Å². The average molecular weight is 401 g/mol. The van der Waals surface area contributed by atoms with Crippen molar-refractivity contribution in [3.63, 3.8) is 0 Å². The summed E-state index contributed by atoms with van der Waals surface area (Å²) in [5.41, 5.74) is 0.971. The van der Waals surface area contributed by atoms with Gasteiger partial charge >= 0.3 is 11.9 Å². The Morgan fingerprint density at radius 1 is 0.957 bits per heavy atom. The molecule has 0 atom stereocenters. The van der Waals surface area contributed by atoms with Crippen molar-refractivity contribution in [3.05, 3.63) is 47.8 Å². The summed E-state index contributed by atoms with van der Waals surface area (Å²) in [7, 11) is 0. The van der Waals surface area contributed by atoms with Crippen LogP contribution in [0.3, 0.4) is 0 Å². The number of hydrogen-bond donors (Lipinski definition) is 0. The van der Waals surface area contributed by atoms with Crippen LogP contribution in [-0.2, 0) is 29.0 Å². The van der Waals surface area contributed by atoms with Gasteiger partial charge in [-0.1, -0.05) is 6.07 Å². The molecule has 7 heteroatoms. The SMILES string of the molecule is CCOC(=O)c1ccnc(-c2ccccn2)c1C(=O)OCC.[Ru]. The van der Waals surface area contributed by atoms with E-state index in [1.807, 2.05) is 0 Å². The van der Waals surface area contributed by atoms with Crippen LogP contribution in [-0.4, -0.2) is 35.1 Å². The minimum atomic E-state index is -0.626. The summed E-state index contributed by atoms with van der Waals surface area (Å²) in [6.45, 7) is 3.79. The summed E-state index contributed by atoms with van der Waals surface area (Å²) in [6, 6.07) is 6.68. The number of aromatic nitrogens is 2. The van der Waals surface area contributed by atoms with Gasteiger partial charge in [-0.2, -0.15) is 0 Å². The van der Waals surface area contributed by atoms with E-state index in [0.29, 0.717) is 11.4 Å². The molecule has 2 aromatic rings. The average Bonchev–Trinajstić information content (AvgIpc) is 2.55. The molecule has 2 rings (SSSR count). The summed E-state index contributed by atoms with van der Waals surface area (Å²) in [4.78, 5) is 32.7. The van der Waals surface area contributed by atoms with E-state index in [4.69, 9.17) is 9.47 Å². The van der Waals surface area contributed by atoms with E-state index in [9.17, 15) is 9.59 Å². The van der Waals surface area contributed by atoms with E-state index < -0.39 is 11.9 Å². The second-order valence-electron chi connectivity index (χ2n) is 4.24. The summed E-state index contributed by atoms with van der Waals surface area (Å²) in [6.07, 6.45) is 3.03. The Morgan fingerprint density at radius 2 is 1.65 bits per heavy atom. The molecule has 122 valence electrons. The Labute approximate surface area is 147 Å². The number of hydrogen-bond acceptors (Lipinski definition) is 6. The van der Waals surface area contributed by atoms with Crippen molar-refractivity contribution < 1.29 is 38.5 Å². The monoisotopic (exact) mass is 402 g/mol. The third-order valence-corrected chi connectivity index (χ3v) is 2.83. The van der Waals surface area contributed by atoms with Crippen LogP contribution in [0.4, 0.5) is 0 Å². The molecule has 0 N–H and O–H groups in total. The number of nitrogens with zero attached hydrogens (tertiary/aromatic N) is 2. The predicted octanol–water partition coefficient (Wildman–Crippen LogP) is 2.49. The minimum Gasteiger partial charge on any atom is -0.462 e. The number of rotatable bonds is 5. The molecule has 0 amide bonds. The standard InChI is InChI=1S/C16H16N2O4.Ru/c1-3-21-15(19)11-8-10-18-14(12-7-5-6-9-17-12)13(11)16(20)22-4-2;/h5-10H,3-4H2,1-2H3;. The molecule has 6 nitrogen and oxygen atoms in total. The molecule has 0 fully saturated rings. The number of carbonyl (C=O) groups is 2. The van der Waals surface area contributed by atoms with Crippen LogP contribution in [0, 0.1) is 0 Å². The first kappa shape index (κ1) is 18.9. The summed E-state index contributed by atoms with van der Waals surface area (Å²) in [5.74, 6) is -1.22. The van der Waals surface area contributed by atoms with Crippen LogP contribution < -0.4 is 0 Å². The number of ether oxygens (including phenoxy) is 2. The zero-order valence-electron chi connectivity index (χ0n) is 12.8. The van der Waals surface area contributed by atoms with Gasteiger partial charge in [0.25, 0.3) is 0 Å². The summed E-state index contributed by atoms with van der Waals surface area (Å²) in [5, 5.41) is 0. The van der Waals surface area contributed by atoms with Gasteiger partial charge in [0.1, 0.15) is 11.3 Å². The smallest absolute Gasteiger partial charge is 0.341 e. The van der Waals surface area contributed by atoms with Gasteiger partial charge in [-0.05, 0) is 32.0 Å². The van der Waals surface area contributed by atoms with E-state index in [2.05, 4.69) is 9.97 Å². The van der Waals surface area contributed by atoms with Crippen LogP contribution >= 0.6 is 0 Å². The Hall–Kier alpha value is -2.14. The van der Waals surface area contributed by atoms with Crippen molar-refractivity contribution >= 4 is 11.9 Å². The molecule has 0 aliphatic rings. The second kappa shape index (κ2) is 9.10. The van der Waals surface area contributed by atoms with Crippen LogP contribution in [0.2, 0.25) is 0 Å². The largest absolute Gasteiger partial charge is 0.462 e. The van der Waals surface area contributed by atoms with Crippen molar-refractivity contribution in [2.24, 2.45) is 0 Å². The summed E-state index contributed by atoms with van der Waals surface area (Å²) < 4.78 is 10.0. The third kappa shape index (κ3) is 4.42. The molecule has 0 spiro atoms. The predicted molar refractivity (Wildman–Crippen MR) is 79.4 cm³/mol. The Kier molecular flexibility index (Phi) is 7.49. The first-order valence-electron chi connectivity index (χ1n) is 6.93. The molecule has 0 aliphatic carbocycles. The Balaban J connectivity index is 0.00000264. The van der Waals surface area contributed by atoms with Crippen molar-refractivity contribution in [1.29, 1.82) is 0 Å². The molecular weight excluding hydrogens is 385 g/mol. The van der Waals surface area contributed by atoms with Crippen LogP contribution in [0.25, 0.3) is 11.4 Å². The number of pyridine rings is 2. The first-order valence-corrected chi connectivity index (χ1v) is 6.93. The fraction of sp³-hybridized carbons (Fsp3) is 0.250. The van der Waals surface area contributed by atoms with Gasteiger partial charge in [0.15, 0.2) is 0 Å². The van der Waals surface area contributed by atoms with Gasteiger partial charge in [0.05, 0.1) is 24.5 Å². The van der Waals surface area contributed by atoms with Crippen molar-refractivity contribution in [1.82, 2.24) is 9.97 Å². The molecule has 0 saturated carbocycles. The molecular formula is C16H16N2O4Ru. The Bertz CT molecular complexity index is 677. The van der Waals surface area contributed by atoms with Gasteiger partial charge < -0.3 is 9.47 Å². The first-order chi connectivity index (χ1) is 10.7. The number of carbonyl (C=O) groups excluding carboxylic acids is 2. The molecule has 23 heavy (non-hydrogen) atoms. The van der Waals surface area contributed by atoms with Gasteiger partial charge in [0, 0.05) is 31.9 Å². The topological polar surface area (TPSA) is 78.4 Å². The van der Waals surface area contributed by atoms with E-state index >= 15 is 0 Å². The quantitative estimate of drug-likeness (QED) is 0.566. The fourth-order valence-corrected chi connectivity index (χ4v) is 1.95. The second-order valence-corrected chi connectivity index (χ2v) is 4.24. The molecule has 0 radical (unpaired) electrons. The zero-order chi connectivity index (χ0) is 15.9. The van der Waals surface area contributed by atoms with Crippen molar-refractivity contribution in [2.75, 3.05) is 13.2 Å². The van der Waals surface area contributed by atoms with Crippen LogP contribution in [0.5, 0.6) is 0 Å². The van der Waals surface area contributed by atoms with E-state index in [-0.39, 0.29) is 43.8 Å². The number of esters is 2. The zero-order valence-corrected chi connectivity index (χ0v) is 14.5.